The van der Waals surface area contributed by atoms with Gasteiger partial charge >= 0.3 is 0 Å². The van der Waals surface area contributed by atoms with Crippen molar-refractivity contribution in [1.29, 1.82) is 0 Å². The summed E-state index contributed by atoms with van der Waals surface area (Å²) in [6.07, 6.45) is 6.26. The van der Waals surface area contributed by atoms with E-state index in [0.29, 0.717) is 29.6 Å². The van der Waals surface area contributed by atoms with Crippen LogP contribution in [0, 0.1) is 0 Å². The Labute approximate surface area is 141 Å². The molecule has 2 aromatic rings. The van der Waals surface area contributed by atoms with Gasteiger partial charge in [-0.3, -0.25) is 9.78 Å². The SMILES string of the molecule is CCCCCCOCCn1nc(-c2ccc(Cl)cn2)ccc1=O. The second-order valence-electron chi connectivity index (χ2n) is 5.31. The molecule has 6 heteroatoms. The van der Waals surface area contributed by atoms with Crippen LogP contribution < -0.4 is 5.56 Å². The third-order valence-electron chi connectivity index (χ3n) is 3.45. The van der Waals surface area contributed by atoms with Gasteiger partial charge in [0.05, 0.1) is 23.9 Å². The molecule has 0 saturated heterocycles. The van der Waals surface area contributed by atoms with Crippen LogP contribution in [0.4, 0.5) is 0 Å². The molecule has 5 nitrogen and oxygen atoms in total. The number of aromatic nitrogens is 3. The standard InChI is InChI=1S/C17H22ClN3O2/c1-2-3-4-5-11-23-12-10-21-17(22)9-8-16(20-21)15-7-6-14(18)13-19-15/h6-9,13H,2-5,10-12H2,1H3. The highest BCUT2D eigenvalue weighted by Gasteiger charge is 2.05. The molecule has 124 valence electrons. The Bertz CT molecular complexity index is 656. The molecule has 0 N–H and O–H groups in total. The predicted molar refractivity (Wildman–Crippen MR) is 91.7 cm³/mol. The molecular formula is C17H22ClN3O2. The Morgan fingerprint density at radius 3 is 2.65 bits per heavy atom. The number of nitrogens with zero attached hydrogens (tertiary/aromatic N) is 3. The molecular weight excluding hydrogens is 314 g/mol. The molecule has 0 bridgehead atoms. The van der Waals surface area contributed by atoms with Crippen molar-refractivity contribution in [3.05, 3.63) is 45.8 Å². The van der Waals surface area contributed by atoms with Crippen LogP contribution >= 0.6 is 11.6 Å². The van der Waals surface area contributed by atoms with Gasteiger partial charge in [-0.25, -0.2) is 4.68 Å². The van der Waals surface area contributed by atoms with Crippen molar-refractivity contribution >= 4 is 11.6 Å². The first kappa shape index (κ1) is 17.6. The average molecular weight is 336 g/mol. The van der Waals surface area contributed by atoms with E-state index in [4.69, 9.17) is 16.3 Å². The molecule has 2 rings (SSSR count). The van der Waals surface area contributed by atoms with E-state index in [0.717, 1.165) is 13.0 Å². The minimum absolute atomic E-state index is 0.141. The van der Waals surface area contributed by atoms with Crippen LogP contribution in [-0.2, 0) is 11.3 Å². The zero-order valence-corrected chi connectivity index (χ0v) is 14.1. The van der Waals surface area contributed by atoms with Crippen LogP contribution in [0.5, 0.6) is 0 Å². The molecule has 0 atom stereocenters. The average Bonchev–Trinajstić information content (AvgIpc) is 2.56. The van der Waals surface area contributed by atoms with Crippen molar-refractivity contribution in [3.63, 3.8) is 0 Å². The molecule has 2 heterocycles. The molecule has 0 aliphatic rings. The summed E-state index contributed by atoms with van der Waals surface area (Å²) >= 11 is 5.83. The van der Waals surface area contributed by atoms with E-state index in [1.807, 2.05) is 0 Å². The second kappa shape index (κ2) is 9.43. The highest BCUT2D eigenvalue weighted by molar-refractivity contribution is 6.30. The maximum atomic E-state index is 11.9. The third kappa shape index (κ3) is 5.77. The van der Waals surface area contributed by atoms with Gasteiger partial charge < -0.3 is 4.74 Å². The maximum Gasteiger partial charge on any atom is 0.266 e. The quantitative estimate of drug-likeness (QED) is 0.657. The number of hydrogen-bond acceptors (Lipinski definition) is 4. The van der Waals surface area contributed by atoms with E-state index < -0.39 is 0 Å². The topological polar surface area (TPSA) is 57.0 Å². The molecule has 0 aromatic carbocycles. The zero-order valence-electron chi connectivity index (χ0n) is 13.4. The summed E-state index contributed by atoms with van der Waals surface area (Å²) in [5.74, 6) is 0. The Kier molecular flexibility index (Phi) is 7.23. The summed E-state index contributed by atoms with van der Waals surface area (Å²) < 4.78 is 6.98. The lowest BCUT2D eigenvalue weighted by Gasteiger charge is -2.08. The third-order valence-corrected chi connectivity index (χ3v) is 3.67. The summed E-state index contributed by atoms with van der Waals surface area (Å²) in [5, 5.41) is 4.91. The molecule has 0 aliphatic carbocycles. The second-order valence-corrected chi connectivity index (χ2v) is 5.75. The first-order valence-electron chi connectivity index (χ1n) is 7.98. The van der Waals surface area contributed by atoms with Gasteiger partial charge in [0.2, 0.25) is 0 Å². The van der Waals surface area contributed by atoms with Gasteiger partial charge in [0, 0.05) is 18.9 Å². The van der Waals surface area contributed by atoms with Crippen molar-refractivity contribution in [2.75, 3.05) is 13.2 Å². The highest BCUT2D eigenvalue weighted by Crippen LogP contribution is 2.14. The maximum absolute atomic E-state index is 11.9. The number of halogens is 1. The highest BCUT2D eigenvalue weighted by atomic mass is 35.5. The fourth-order valence-corrected chi connectivity index (χ4v) is 2.27. The van der Waals surface area contributed by atoms with E-state index in [9.17, 15) is 4.79 Å². The smallest absolute Gasteiger partial charge is 0.266 e. The molecule has 0 unspecified atom stereocenters. The van der Waals surface area contributed by atoms with Crippen molar-refractivity contribution in [1.82, 2.24) is 14.8 Å². The Hall–Kier alpha value is -1.72. The predicted octanol–water partition coefficient (Wildman–Crippen LogP) is 3.56. The summed E-state index contributed by atoms with van der Waals surface area (Å²) in [7, 11) is 0. The lowest BCUT2D eigenvalue weighted by atomic mass is 10.2. The molecule has 0 radical (unpaired) electrons. The molecule has 0 fully saturated rings. The van der Waals surface area contributed by atoms with Crippen LogP contribution in [0.3, 0.4) is 0 Å². The van der Waals surface area contributed by atoms with E-state index in [-0.39, 0.29) is 5.56 Å². The summed E-state index contributed by atoms with van der Waals surface area (Å²) in [5.41, 5.74) is 1.19. The summed E-state index contributed by atoms with van der Waals surface area (Å²) in [6.45, 7) is 3.83. The Morgan fingerprint density at radius 2 is 1.91 bits per heavy atom. The first-order valence-corrected chi connectivity index (χ1v) is 8.36. The van der Waals surface area contributed by atoms with Gasteiger partial charge in [-0.2, -0.15) is 5.10 Å². The zero-order chi connectivity index (χ0) is 16.5. The summed E-state index contributed by atoms with van der Waals surface area (Å²) in [6, 6.07) is 6.70. The number of rotatable bonds is 9. The molecule has 0 saturated carbocycles. The lowest BCUT2D eigenvalue weighted by molar-refractivity contribution is 0.119. The number of pyridine rings is 1. The number of unbranched alkanes of at least 4 members (excludes halogenated alkanes) is 3. The molecule has 23 heavy (non-hydrogen) atoms. The van der Waals surface area contributed by atoms with Gasteiger partial charge in [0.1, 0.15) is 5.69 Å². The molecule has 0 aliphatic heterocycles. The normalized spacial score (nSPS) is 10.9. The Balaban J connectivity index is 1.90. The van der Waals surface area contributed by atoms with Crippen molar-refractivity contribution in [2.45, 2.75) is 39.2 Å². The number of hydrogen-bond donors (Lipinski definition) is 0. The molecule has 2 aromatic heterocycles. The van der Waals surface area contributed by atoms with Gasteiger partial charge in [-0.1, -0.05) is 37.8 Å². The van der Waals surface area contributed by atoms with Gasteiger partial charge in [-0.15, -0.1) is 0 Å². The number of ether oxygens (including phenoxy) is 1. The van der Waals surface area contributed by atoms with Crippen LogP contribution in [0.15, 0.2) is 35.3 Å². The fourth-order valence-electron chi connectivity index (χ4n) is 2.16. The summed E-state index contributed by atoms with van der Waals surface area (Å²) in [4.78, 5) is 16.1. The van der Waals surface area contributed by atoms with E-state index in [1.165, 1.54) is 30.0 Å². The minimum atomic E-state index is -0.141. The van der Waals surface area contributed by atoms with Crippen LogP contribution in [-0.4, -0.2) is 28.0 Å². The van der Waals surface area contributed by atoms with Gasteiger partial charge in [0.15, 0.2) is 0 Å². The van der Waals surface area contributed by atoms with E-state index >= 15 is 0 Å². The van der Waals surface area contributed by atoms with Crippen molar-refractivity contribution in [2.24, 2.45) is 0 Å². The van der Waals surface area contributed by atoms with Crippen LogP contribution in [0.25, 0.3) is 11.4 Å². The lowest BCUT2D eigenvalue weighted by Crippen LogP contribution is -2.24. The molecule has 0 amide bonds. The van der Waals surface area contributed by atoms with Crippen LogP contribution in [0.1, 0.15) is 32.6 Å². The van der Waals surface area contributed by atoms with Crippen LogP contribution in [0.2, 0.25) is 5.02 Å². The fraction of sp³-hybridized carbons (Fsp3) is 0.471. The monoisotopic (exact) mass is 335 g/mol. The van der Waals surface area contributed by atoms with Gasteiger partial charge in [0.25, 0.3) is 5.56 Å². The minimum Gasteiger partial charge on any atom is -0.380 e. The Morgan fingerprint density at radius 1 is 1.09 bits per heavy atom. The van der Waals surface area contributed by atoms with Crippen molar-refractivity contribution in [3.8, 4) is 11.4 Å². The van der Waals surface area contributed by atoms with Crippen molar-refractivity contribution < 1.29 is 4.74 Å². The largest absolute Gasteiger partial charge is 0.380 e. The first-order chi connectivity index (χ1) is 11.2. The van der Waals surface area contributed by atoms with E-state index in [1.54, 1.807) is 24.4 Å². The van der Waals surface area contributed by atoms with Gasteiger partial charge in [-0.05, 0) is 24.6 Å². The molecule has 0 spiro atoms. The van der Waals surface area contributed by atoms with E-state index in [2.05, 4.69) is 17.0 Å².